The van der Waals surface area contributed by atoms with Gasteiger partial charge in [-0.05, 0) is 74.7 Å². The van der Waals surface area contributed by atoms with Crippen LogP contribution < -0.4 is 10.1 Å². The molecule has 5 nitrogen and oxygen atoms in total. The van der Waals surface area contributed by atoms with Gasteiger partial charge in [0.25, 0.3) is 5.91 Å². The van der Waals surface area contributed by atoms with E-state index in [1.807, 2.05) is 39.0 Å². The van der Waals surface area contributed by atoms with E-state index in [0.29, 0.717) is 18.0 Å². The molecule has 0 aliphatic heterocycles. The molecule has 3 aromatic rings. The average molecular weight is 414 g/mol. The number of nitriles is 1. The zero-order valence-electron chi connectivity index (χ0n) is 18.4. The van der Waals surface area contributed by atoms with Gasteiger partial charge >= 0.3 is 0 Å². The van der Waals surface area contributed by atoms with Crippen molar-refractivity contribution < 1.29 is 9.53 Å². The fourth-order valence-corrected chi connectivity index (χ4v) is 3.54. The summed E-state index contributed by atoms with van der Waals surface area (Å²) in [7, 11) is 0. The number of carbonyl (C=O) groups excluding carboxylic acids is 1. The molecule has 1 N–H and O–H groups in total. The van der Waals surface area contributed by atoms with Crippen molar-refractivity contribution in [1.82, 2.24) is 4.57 Å². The number of aromatic nitrogens is 1. The first-order valence-corrected chi connectivity index (χ1v) is 10.4. The molecule has 0 unspecified atom stereocenters. The molecule has 158 valence electrons. The molecule has 0 spiro atoms. The zero-order chi connectivity index (χ0) is 22.4. The highest BCUT2D eigenvalue weighted by molar-refractivity contribution is 6.09. The number of ether oxygens (including phenoxy) is 1. The third-order valence-electron chi connectivity index (χ3n) is 5.14. The Kier molecular flexibility index (Phi) is 6.94. The quantitative estimate of drug-likeness (QED) is 0.405. The molecule has 1 heterocycles. The van der Waals surface area contributed by atoms with Crippen molar-refractivity contribution in [2.75, 3.05) is 11.9 Å². The van der Waals surface area contributed by atoms with Crippen molar-refractivity contribution in [3.05, 3.63) is 82.7 Å². The highest BCUT2D eigenvalue weighted by Gasteiger charge is 2.14. The molecule has 1 aromatic heterocycles. The van der Waals surface area contributed by atoms with E-state index in [1.165, 1.54) is 5.56 Å². The molecule has 0 aliphatic carbocycles. The predicted molar refractivity (Wildman–Crippen MR) is 124 cm³/mol. The second-order valence-electron chi connectivity index (χ2n) is 7.27. The van der Waals surface area contributed by atoms with Gasteiger partial charge in [-0.2, -0.15) is 5.26 Å². The van der Waals surface area contributed by atoms with E-state index in [4.69, 9.17) is 4.74 Å². The molecule has 0 fully saturated rings. The normalized spacial score (nSPS) is 11.1. The van der Waals surface area contributed by atoms with E-state index in [1.54, 1.807) is 24.3 Å². The van der Waals surface area contributed by atoms with E-state index < -0.39 is 5.91 Å². The van der Waals surface area contributed by atoms with Crippen molar-refractivity contribution in [2.45, 2.75) is 34.1 Å². The third-order valence-corrected chi connectivity index (χ3v) is 5.14. The Morgan fingerprint density at radius 3 is 2.52 bits per heavy atom. The van der Waals surface area contributed by atoms with Gasteiger partial charge < -0.3 is 14.6 Å². The summed E-state index contributed by atoms with van der Waals surface area (Å²) in [5, 5.41) is 12.4. The second-order valence-corrected chi connectivity index (χ2v) is 7.27. The lowest BCUT2D eigenvalue weighted by atomic mass is 10.1. The van der Waals surface area contributed by atoms with Crippen LogP contribution in [-0.2, 0) is 11.2 Å². The van der Waals surface area contributed by atoms with Gasteiger partial charge in [0.1, 0.15) is 17.4 Å². The molecule has 1 amide bonds. The van der Waals surface area contributed by atoms with Gasteiger partial charge in [-0.15, -0.1) is 0 Å². The van der Waals surface area contributed by atoms with Crippen molar-refractivity contribution in [1.29, 1.82) is 5.26 Å². The van der Waals surface area contributed by atoms with Gasteiger partial charge in [-0.25, -0.2) is 0 Å². The summed E-state index contributed by atoms with van der Waals surface area (Å²) in [5.41, 5.74) is 5.82. The molecule has 0 saturated carbocycles. The second kappa shape index (κ2) is 9.82. The van der Waals surface area contributed by atoms with Crippen LogP contribution in [0.25, 0.3) is 11.8 Å². The highest BCUT2D eigenvalue weighted by Crippen LogP contribution is 2.24. The Labute approximate surface area is 183 Å². The SMILES string of the molecule is CCOc1cccc(NC(=O)/C(C#N)=C/c2cc(C)n(-c3ccc(CC)cc3)c2C)c1. The molecule has 5 heteroatoms. The molecular formula is C26H27N3O2. The van der Waals surface area contributed by atoms with Crippen LogP contribution in [0.15, 0.2) is 60.2 Å². The van der Waals surface area contributed by atoms with Gasteiger partial charge in [0, 0.05) is 28.8 Å². The largest absolute Gasteiger partial charge is 0.494 e. The lowest BCUT2D eigenvalue weighted by molar-refractivity contribution is -0.112. The van der Waals surface area contributed by atoms with E-state index in [-0.39, 0.29) is 5.57 Å². The summed E-state index contributed by atoms with van der Waals surface area (Å²) in [4.78, 5) is 12.7. The Hall–Kier alpha value is -3.78. The first-order chi connectivity index (χ1) is 15.0. The minimum atomic E-state index is -0.451. The van der Waals surface area contributed by atoms with Crippen LogP contribution in [-0.4, -0.2) is 17.1 Å². The maximum Gasteiger partial charge on any atom is 0.266 e. The van der Waals surface area contributed by atoms with Gasteiger partial charge in [0.15, 0.2) is 0 Å². The van der Waals surface area contributed by atoms with Crippen molar-refractivity contribution in [2.24, 2.45) is 0 Å². The number of nitrogens with one attached hydrogen (secondary N) is 1. The number of rotatable bonds is 7. The number of anilines is 1. The van der Waals surface area contributed by atoms with E-state index in [9.17, 15) is 10.1 Å². The molecule has 0 saturated heterocycles. The summed E-state index contributed by atoms with van der Waals surface area (Å²) in [6.07, 6.45) is 2.63. The maximum atomic E-state index is 12.7. The minimum absolute atomic E-state index is 0.0448. The topological polar surface area (TPSA) is 67.0 Å². The molecule has 0 radical (unpaired) electrons. The number of aryl methyl sites for hydroxylation is 2. The predicted octanol–water partition coefficient (Wildman–Crippen LogP) is 5.60. The maximum absolute atomic E-state index is 12.7. The van der Waals surface area contributed by atoms with Crippen LogP contribution in [0, 0.1) is 25.2 Å². The molecule has 3 rings (SSSR count). The Balaban J connectivity index is 1.87. The number of hydrogen-bond acceptors (Lipinski definition) is 3. The molecule has 2 aromatic carbocycles. The van der Waals surface area contributed by atoms with Gasteiger partial charge in [-0.3, -0.25) is 4.79 Å². The number of amides is 1. The van der Waals surface area contributed by atoms with Crippen LogP contribution in [0.2, 0.25) is 0 Å². The smallest absolute Gasteiger partial charge is 0.266 e. The van der Waals surface area contributed by atoms with E-state index >= 15 is 0 Å². The zero-order valence-corrected chi connectivity index (χ0v) is 18.4. The Morgan fingerprint density at radius 1 is 1.13 bits per heavy atom. The van der Waals surface area contributed by atoms with E-state index in [0.717, 1.165) is 29.1 Å². The summed E-state index contributed by atoms with van der Waals surface area (Å²) in [6.45, 7) is 8.58. The van der Waals surface area contributed by atoms with Crippen LogP contribution >= 0.6 is 0 Å². The number of carbonyl (C=O) groups is 1. The van der Waals surface area contributed by atoms with Crippen molar-refractivity contribution in [3.63, 3.8) is 0 Å². The number of hydrogen-bond donors (Lipinski definition) is 1. The van der Waals surface area contributed by atoms with Crippen molar-refractivity contribution in [3.8, 4) is 17.5 Å². The average Bonchev–Trinajstić information content (AvgIpc) is 3.05. The molecule has 0 bridgehead atoms. The summed E-state index contributed by atoms with van der Waals surface area (Å²) in [5.74, 6) is 0.216. The number of nitrogens with zero attached hydrogens (tertiary/aromatic N) is 2. The Bertz CT molecular complexity index is 1150. The molecule has 0 atom stereocenters. The van der Waals surface area contributed by atoms with E-state index in [2.05, 4.69) is 41.1 Å². The van der Waals surface area contributed by atoms with Gasteiger partial charge in [-0.1, -0.05) is 25.1 Å². The first-order valence-electron chi connectivity index (χ1n) is 10.4. The fraction of sp³-hybridized carbons (Fsp3) is 0.231. The lowest BCUT2D eigenvalue weighted by Crippen LogP contribution is -2.13. The summed E-state index contributed by atoms with van der Waals surface area (Å²) < 4.78 is 7.59. The molecular weight excluding hydrogens is 386 g/mol. The van der Waals surface area contributed by atoms with Crippen LogP contribution in [0.3, 0.4) is 0 Å². The lowest BCUT2D eigenvalue weighted by Gasteiger charge is -2.10. The standard InChI is InChI=1S/C26H27N3O2/c1-5-20-10-12-24(13-11-20)29-18(3)14-21(19(29)4)15-22(17-27)26(30)28-23-8-7-9-25(16-23)31-6-2/h7-16H,5-6H2,1-4H3,(H,28,30)/b22-15+. The highest BCUT2D eigenvalue weighted by atomic mass is 16.5. The van der Waals surface area contributed by atoms with Crippen molar-refractivity contribution >= 4 is 17.7 Å². The fourth-order valence-electron chi connectivity index (χ4n) is 3.54. The number of benzene rings is 2. The third kappa shape index (κ3) is 5.04. The van der Waals surface area contributed by atoms with Gasteiger partial charge in [0.05, 0.1) is 6.61 Å². The monoisotopic (exact) mass is 413 g/mol. The minimum Gasteiger partial charge on any atom is -0.494 e. The Morgan fingerprint density at radius 2 is 1.87 bits per heavy atom. The summed E-state index contributed by atoms with van der Waals surface area (Å²) >= 11 is 0. The first kappa shape index (κ1) is 21.9. The van der Waals surface area contributed by atoms with Gasteiger partial charge in [0.2, 0.25) is 0 Å². The van der Waals surface area contributed by atoms with Crippen LogP contribution in [0.4, 0.5) is 5.69 Å². The van der Waals surface area contributed by atoms with Crippen LogP contribution in [0.5, 0.6) is 5.75 Å². The molecule has 31 heavy (non-hydrogen) atoms. The molecule has 0 aliphatic rings. The summed E-state index contributed by atoms with van der Waals surface area (Å²) in [6, 6.07) is 19.6. The van der Waals surface area contributed by atoms with Crippen LogP contribution in [0.1, 0.15) is 36.4 Å².